The average molecular weight is 266 g/mol. The highest BCUT2D eigenvalue weighted by atomic mass is 16.5. The molecule has 1 N–H and O–H groups in total. The number of rotatable bonds is 2. The van der Waals surface area contributed by atoms with Crippen molar-refractivity contribution in [1.82, 2.24) is 0 Å². The molecule has 19 heavy (non-hydrogen) atoms. The van der Waals surface area contributed by atoms with Gasteiger partial charge in [0.1, 0.15) is 5.92 Å². The van der Waals surface area contributed by atoms with Gasteiger partial charge < -0.3 is 14.6 Å². The Bertz CT molecular complexity index is 491. The summed E-state index contributed by atoms with van der Waals surface area (Å²) < 4.78 is 9.28. The maximum atomic E-state index is 11.9. The quantitative estimate of drug-likeness (QED) is 0.541. The summed E-state index contributed by atoms with van der Waals surface area (Å²) in [6.45, 7) is 0. The minimum Gasteiger partial charge on any atom is -0.469 e. The fourth-order valence-corrected chi connectivity index (χ4v) is 2.61. The molecule has 6 nitrogen and oxygen atoms in total. The van der Waals surface area contributed by atoms with Gasteiger partial charge in [0.05, 0.1) is 20.1 Å². The van der Waals surface area contributed by atoms with Crippen molar-refractivity contribution in [2.45, 2.75) is 5.60 Å². The van der Waals surface area contributed by atoms with E-state index in [1.54, 1.807) is 0 Å². The Labute approximate surface area is 109 Å². The minimum atomic E-state index is -2.06. The summed E-state index contributed by atoms with van der Waals surface area (Å²) in [5.41, 5.74) is -2.06. The van der Waals surface area contributed by atoms with Gasteiger partial charge in [-0.2, -0.15) is 0 Å². The Balaban J connectivity index is 2.57. The Morgan fingerprint density at radius 2 is 1.84 bits per heavy atom. The second-order valence-electron chi connectivity index (χ2n) is 4.53. The number of methoxy groups -OCH3 is 2. The molecular weight excluding hydrogens is 252 g/mol. The van der Waals surface area contributed by atoms with Crippen LogP contribution in [0.3, 0.4) is 0 Å². The van der Waals surface area contributed by atoms with Crippen molar-refractivity contribution in [3.63, 3.8) is 0 Å². The number of ketones is 1. The van der Waals surface area contributed by atoms with E-state index in [9.17, 15) is 19.5 Å². The molecule has 0 fully saturated rings. The number of aliphatic hydroxyl groups is 1. The molecule has 4 atom stereocenters. The van der Waals surface area contributed by atoms with Crippen molar-refractivity contribution < 1.29 is 29.0 Å². The fourth-order valence-electron chi connectivity index (χ4n) is 2.61. The molecule has 0 unspecified atom stereocenters. The van der Waals surface area contributed by atoms with Crippen LogP contribution in [-0.2, 0) is 23.9 Å². The van der Waals surface area contributed by atoms with Crippen LogP contribution < -0.4 is 0 Å². The van der Waals surface area contributed by atoms with Crippen LogP contribution in [0.2, 0.25) is 0 Å². The van der Waals surface area contributed by atoms with Gasteiger partial charge in [0.2, 0.25) is 0 Å². The number of allylic oxidation sites excluding steroid dienone is 2. The number of hydrogen-bond acceptors (Lipinski definition) is 6. The fraction of sp³-hybridized carbons (Fsp3) is 0.462. The van der Waals surface area contributed by atoms with Gasteiger partial charge in [-0.25, -0.2) is 0 Å². The van der Waals surface area contributed by atoms with Gasteiger partial charge in [-0.15, -0.1) is 0 Å². The van der Waals surface area contributed by atoms with Crippen LogP contribution in [0.15, 0.2) is 24.3 Å². The summed E-state index contributed by atoms with van der Waals surface area (Å²) in [7, 11) is 2.33. The van der Waals surface area contributed by atoms with Crippen LogP contribution in [0.1, 0.15) is 0 Å². The predicted molar refractivity (Wildman–Crippen MR) is 62.7 cm³/mol. The molecule has 0 aromatic heterocycles. The molecule has 0 aliphatic heterocycles. The molecule has 0 heterocycles. The van der Waals surface area contributed by atoms with Gasteiger partial charge >= 0.3 is 11.9 Å². The summed E-state index contributed by atoms with van der Waals surface area (Å²) in [6, 6.07) is 0. The molecule has 0 radical (unpaired) electrons. The maximum Gasteiger partial charge on any atom is 0.313 e. The number of esters is 2. The molecule has 2 bridgehead atoms. The lowest BCUT2D eigenvalue weighted by molar-refractivity contribution is -0.171. The molecular formula is C13H14O6. The number of ether oxygens (including phenoxy) is 2. The van der Waals surface area contributed by atoms with Gasteiger partial charge in [-0.1, -0.05) is 12.2 Å². The minimum absolute atomic E-state index is 0.483. The van der Waals surface area contributed by atoms with Crippen molar-refractivity contribution in [3.05, 3.63) is 24.3 Å². The topological polar surface area (TPSA) is 89.9 Å². The second kappa shape index (κ2) is 4.62. The highest BCUT2D eigenvalue weighted by Gasteiger charge is 2.57. The van der Waals surface area contributed by atoms with Gasteiger partial charge in [-0.05, 0) is 12.2 Å². The number of carbonyl (C=O) groups is 3. The zero-order valence-electron chi connectivity index (χ0n) is 10.5. The van der Waals surface area contributed by atoms with Crippen molar-refractivity contribution in [1.29, 1.82) is 0 Å². The highest BCUT2D eigenvalue weighted by Crippen LogP contribution is 2.42. The van der Waals surface area contributed by atoms with E-state index in [1.807, 2.05) is 0 Å². The van der Waals surface area contributed by atoms with E-state index in [0.717, 1.165) is 7.11 Å². The Morgan fingerprint density at radius 1 is 1.21 bits per heavy atom. The first-order chi connectivity index (χ1) is 8.95. The van der Waals surface area contributed by atoms with E-state index in [0.29, 0.717) is 0 Å². The molecule has 0 saturated carbocycles. The van der Waals surface area contributed by atoms with Crippen LogP contribution in [0.4, 0.5) is 0 Å². The smallest absolute Gasteiger partial charge is 0.313 e. The van der Waals surface area contributed by atoms with Gasteiger partial charge in [-0.3, -0.25) is 14.4 Å². The normalized spacial score (nSPS) is 35.9. The first-order valence-electron chi connectivity index (χ1n) is 5.75. The third kappa shape index (κ3) is 1.88. The predicted octanol–water partition coefficient (Wildman–Crippen LogP) is -0.379. The summed E-state index contributed by atoms with van der Waals surface area (Å²) in [4.78, 5) is 35.7. The molecule has 0 spiro atoms. The zero-order chi connectivity index (χ0) is 14.2. The molecule has 3 aliphatic rings. The van der Waals surface area contributed by atoms with Crippen molar-refractivity contribution in [3.8, 4) is 0 Å². The Morgan fingerprint density at radius 3 is 2.42 bits per heavy atom. The molecule has 6 heteroatoms. The third-order valence-corrected chi connectivity index (χ3v) is 3.61. The molecule has 3 aliphatic carbocycles. The van der Waals surface area contributed by atoms with Crippen molar-refractivity contribution in [2.75, 3.05) is 14.2 Å². The highest BCUT2D eigenvalue weighted by molar-refractivity contribution is 6.04. The maximum absolute atomic E-state index is 11.9. The van der Waals surface area contributed by atoms with Crippen LogP contribution in [-0.4, -0.2) is 42.6 Å². The number of hydrogen-bond donors (Lipinski definition) is 1. The Kier molecular flexibility index (Phi) is 3.28. The molecule has 0 aromatic carbocycles. The van der Waals surface area contributed by atoms with E-state index >= 15 is 0 Å². The Hall–Kier alpha value is -1.95. The van der Waals surface area contributed by atoms with Crippen LogP contribution >= 0.6 is 0 Å². The summed E-state index contributed by atoms with van der Waals surface area (Å²) in [6.07, 6.45) is 5.45. The first-order valence-corrected chi connectivity index (χ1v) is 5.75. The average Bonchev–Trinajstić information content (AvgIpc) is 2.62. The first kappa shape index (κ1) is 13.5. The molecule has 0 amide bonds. The standard InChI is InChI=1S/C13H14O6/c1-18-11(15)9-7-3-4-8(14)13(17,6-5-7)10(9)12(16)19-2/h3-7,9-10,17H,1-2H3/t7-,9+,10-,13+/m1/s1. The van der Waals surface area contributed by atoms with Gasteiger partial charge in [0, 0.05) is 5.92 Å². The van der Waals surface area contributed by atoms with E-state index in [1.165, 1.54) is 31.4 Å². The lowest BCUT2D eigenvalue weighted by atomic mass is 9.68. The summed E-state index contributed by atoms with van der Waals surface area (Å²) >= 11 is 0. The molecule has 102 valence electrons. The SMILES string of the molecule is COC(=O)[C@H]1[C@@H]2C=CC(=O)[C@@](O)(C=C2)[C@H]1C(=O)OC. The largest absolute Gasteiger partial charge is 0.469 e. The summed E-state index contributed by atoms with van der Waals surface area (Å²) in [5, 5.41) is 10.4. The molecule has 0 aromatic rings. The molecule has 0 saturated heterocycles. The number of carbonyl (C=O) groups excluding carboxylic acids is 3. The lowest BCUT2D eigenvalue weighted by Gasteiger charge is -2.37. The zero-order valence-corrected chi connectivity index (χ0v) is 10.5. The van der Waals surface area contributed by atoms with Crippen LogP contribution in [0, 0.1) is 17.8 Å². The van der Waals surface area contributed by atoms with E-state index in [-0.39, 0.29) is 0 Å². The summed E-state index contributed by atoms with van der Waals surface area (Å²) in [5.74, 6) is -4.89. The lowest BCUT2D eigenvalue weighted by Crippen LogP contribution is -2.54. The van der Waals surface area contributed by atoms with E-state index in [2.05, 4.69) is 9.47 Å². The third-order valence-electron chi connectivity index (χ3n) is 3.61. The van der Waals surface area contributed by atoms with Gasteiger partial charge in [0.15, 0.2) is 11.4 Å². The van der Waals surface area contributed by atoms with E-state index in [4.69, 9.17) is 0 Å². The van der Waals surface area contributed by atoms with Crippen LogP contribution in [0.25, 0.3) is 0 Å². The number of fused-ring (bicyclic) bond motifs is 2. The second-order valence-corrected chi connectivity index (χ2v) is 4.53. The van der Waals surface area contributed by atoms with Crippen molar-refractivity contribution >= 4 is 17.7 Å². The monoisotopic (exact) mass is 266 g/mol. The van der Waals surface area contributed by atoms with Gasteiger partial charge in [0.25, 0.3) is 0 Å². The molecule has 3 rings (SSSR count). The van der Waals surface area contributed by atoms with Crippen LogP contribution in [0.5, 0.6) is 0 Å². The van der Waals surface area contributed by atoms with Crippen molar-refractivity contribution in [2.24, 2.45) is 17.8 Å². The van der Waals surface area contributed by atoms with E-state index < -0.39 is 41.1 Å².